The Hall–Kier alpha value is -1.24. The first-order chi connectivity index (χ1) is 12.5. The van der Waals surface area contributed by atoms with Crippen LogP contribution in [0, 0.1) is 11.8 Å². The van der Waals surface area contributed by atoms with Crippen LogP contribution in [0.15, 0.2) is 6.58 Å². The van der Waals surface area contributed by atoms with Gasteiger partial charge in [0.1, 0.15) is 5.75 Å². The van der Waals surface area contributed by atoms with Crippen LogP contribution in [0.3, 0.4) is 0 Å². The number of hydrogen-bond donors (Lipinski definition) is 1. The molecule has 1 aliphatic carbocycles. The monoisotopic (exact) mass is 370 g/mol. The average Bonchev–Trinajstić information content (AvgIpc) is 2.57. The third-order valence-electron chi connectivity index (χ3n) is 7.14. The molecule has 2 atom stereocenters. The predicted molar refractivity (Wildman–Crippen MR) is 120 cm³/mol. The predicted octanol–water partition coefficient (Wildman–Crippen LogP) is 7.56. The minimum Gasteiger partial charge on any atom is -0.507 e. The first-order valence-corrected chi connectivity index (χ1v) is 11.1. The van der Waals surface area contributed by atoms with Gasteiger partial charge in [-0.05, 0) is 64.2 Å². The summed E-state index contributed by atoms with van der Waals surface area (Å²) in [4.78, 5) is 0. The summed E-state index contributed by atoms with van der Waals surface area (Å²) in [6.45, 7) is 24.9. The molecule has 2 unspecified atom stereocenters. The van der Waals surface area contributed by atoms with E-state index in [4.69, 9.17) is 0 Å². The second kappa shape index (κ2) is 7.64. The zero-order valence-corrected chi connectivity index (χ0v) is 19.3. The van der Waals surface area contributed by atoms with Crippen LogP contribution in [0.1, 0.15) is 109 Å². The Morgan fingerprint density at radius 1 is 1.11 bits per heavy atom. The highest BCUT2D eigenvalue weighted by molar-refractivity contribution is 5.76. The summed E-state index contributed by atoms with van der Waals surface area (Å²) < 4.78 is 0. The fourth-order valence-electron chi connectivity index (χ4n) is 5.96. The lowest BCUT2D eigenvalue weighted by Crippen LogP contribution is -2.41. The maximum atomic E-state index is 11.6. The second-order valence-corrected chi connectivity index (χ2v) is 10.1. The topological polar surface area (TPSA) is 20.2 Å². The van der Waals surface area contributed by atoms with Crippen molar-refractivity contribution < 1.29 is 5.11 Å². The van der Waals surface area contributed by atoms with Crippen LogP contribution in [0.4, 0.5) is 0 Å². The summed E-state index contributed by atoms with van der Waals surface area (Å²) in [5.74, 6) is 1.84. The molecule has 1 aromatic rings. The highest BCUT2D eigenvalue weighted by Gasteiger charge is 2.45. The van der Waals surface area contributed by atoms with E-state index in [1.807, 2.05) is 0 Å². The van der Waals surface area contributed by atoms with Crippen molar-refractivity contribution in [2.75, 3.05) is 0 Å². The molecule has 152 valence electrons. The Morgan fingerprint density at radius 3 is 2.11 bits per heavy atom. The number of phenols is 1. The smallest absolute Gasteiger partial charge is 0.123 e. The van der Waals surface area contributed by atoms with Crippen molar-refractivity contribution in [1.82, 2.24) is 0 Å². The number of benzene rings is 1. The second-order valence-electron chi connectivity index (χ2n) is 10.1. The van der Waals surface area contributed by atoms with Crippen molar-refractivity contribution in [2.24, 2.45) is 11.8 Å². The number of rotatable bonds is 5. The molecular formula is C26H42O. The van der Waals surface area contributed by atoms with Crippen LogP contribution < -0.4 is 0 Å². The first-order valence-electron chi connectivity index (χ1n) is 11.1. The van der Waals surface area contributed by atoms with Crippen LogP contribution >= 0.6 is 0 Å². The summed E-state index contributed by atoms with van der Waals surface area (Å²) in [5.41, 5.74) is 7.57. The number of hydrogen-bond acceptors (Lipinski definition) is 1. The minimum absolute atomic E-state index is 0.0257. The van der Waals surface area contributed by atoms with Crippen LogP contribution in [0.2, 0.25) is 0 Å². The van der Waals surface area contributed by atoms with Crippen LogP contribution in [-0.4, -0.2) is 5.11 Å². The van der Waals surface area contributed by atoms with Gasteiger partial charge in [0, 0.05) is 11.1 Å². The molecular weight excluding hydrogens is 328 g/mol. The molecule has 0 aliphatic heterocycles. The van der Waals surface area contributed by atoms with Crippen molar-refractivity contribution in [3.05, 3.63) is 34.4 Å². The molecule has 0 aromatic heterocycles. The maximum absolute atomic E-state index is 11.6. The molecule has 1 N–H and O–H groups in total. The Morgan fingerprint density at radius 2 is 1.70 bits per heavy atom. The third kappa shape index (κ3) is 3.47. The molecule has 27 heavy (non-hydrogen) atoms. The van der Waals surface area contributed by atoms with Crippen LogP contribution in [0.5, 0.6) is 5.75 Å². The summed E-state index contributed by atoms with van der Waals surface area (Å²) in [6, 6.07) is 0. The van der Waals surface area contributed by atoms with E-state index in [0.29, 0.717) is 17.6 Å². The van der Waals surface area contributed by atoms with E-state index in [1.54, 1.807) is 0 Å². The maximum Gasteiger partial charge on any atom is 0.123 e. The van der Waals surface area contributed by atoms with Gasteiger partial charge in [-0.15, -0.1) is 0 Å². The van der Waals surface area contributed by atoms with Gasteiger partial charge in [0.05, 0.1) is 0 Å². The average molecular weight is 371 g/mol. The summed E-state index contributed by atoms with van der Waals surface area (Å²) in [7, 11) is 0. The molecule has 1 aromatic carbocycles. The lowest BCUT2D eigenvalue weighted by atomic mass is 9.57. The quantitative estimate of drug-likeness (QED) is 0.567. The zero-order chi connectivity index (χ0) is 20.7. The number of phenolic OH excluding ortho intramolecular Hbond substituents is 1. The fraction of sp³-hybridized carbons (Fsp3) is 0.692. The van der Waals surface area contributed by atoms with E-state index < -0.39 is 0 Å². The Balaban J connectivity index is 3.03. The van der Waals surface area contributed by atoms with E-state index in [-0.39, 0.29) is 10.8 Å². The van der Waals surface area contributed by atoms with Crippen molar-refractivity contribution in [1.29, 1.82) is 0 Å². The molecule has 1 aliphatic rings. The summed E-state index contributed by atoms with van der Waals surface area (Å²) in [6.07, 6.45) is 5.34. The first kappa shape index (κ1) is 22.1. The van der Waals surface area contributed by atoms with Gasteiger partial charge in [0.25, 0.3) is 0 Å². The molecule has 0 radical (unpaired) electrons. The normalized spacial score (nSPS) is 21.8. The Bertz CT molecular complexity index is 715. The minimum atomic E-state index is -0.0907. The van der Waals surface area contributed by atoms with E-state index in [1.165, 1.54) is 34.2 Å². The standard InChI is InChI=1S/C26H42O/c1-11-16(5)21-18(13-3)22(25(6,7)8)24(27)23-19(21)15-17(12-2)20(14-4)26(23,9)10/h17,20,27H,5,11-15H2,1-4,6-10H3. The number of aromatic hydroxyl groups is 1. The zero-order valence-electron chi connectivity index (χ0n) is 19.3. The van der Waals surface area contributed by atoms with E-state index in [0.717, 1.165) is 31.2 Å². The summed E-state index contributed by atoms with van der Waals surface area (Å²) in [5, 5.41) is 11.6. The Kier molecular flexibility index (Phi) is 6.24. The molecule has 0 saturated carbocycles. The van der Waals surface area contributed by atoms with Gasteiger partial charge in [-0.3, -0.25) is 0 Å². The summed E-state index contributed by atoms with van der Waals surface area (Å²) >= 11 is 0. The number of allylic oxidation sites excluding steroid dienone is 1. The van der Waals surface area contributed by atoms with Gasteiger partial charge in [0.2, 0.25) is 0 Å². The lowest BCUT2D eigenvalue weighted by molar-refractivity contribution is 0.174. The number of fused-ring (bicyclic) bond motifs is 1. The molecule has 0 spiro atoms. The van der Waals surface area contributed by atoms with Gasteiger partial charge in [-0.2, -0.15) is 0 Å². The molecule has 1 heteroatoms. The van der Waals surface area contributed by atoms with Crippen molar-refractivity contribution in [2.45, 2.75) is 105 Å². The molecule has 0 fully saturated rings. The molecule has 2 rings (SSSR count). The molecule has 0 heterocycles. The van der Waals surface area contributed by atoms with Gasteiger partial charge in [-0.25, -0.2) is 0 Å². The van der Waals surface area contributed by atoms with E-state index in [2.05, 4.69) is 68.9 Å². The van der Waals surface area contributed by atoms with Gasteiger partial charge < -0.3 is 5.11 Å². The van der Waals surface area contributed by atoms with Crippen molar-refractivity contribution in [3.63, 3.8) is 0 Å². The third-order valence-corrected chi connectivity index (χ3v) is 7.14. The van der Waals surface area contributed by atoms with Gasteiger partial charge >= 0.3 is 0 Å². The highest BCUT2D eigenvalue weighted by atomic mass is 16.3. The molecule has 1 nitrogen and oxygen atoms in total. The van der Waals surface area contributed by atoms with Crippen LogP contribution in [-0.2, 0) is 23.7 Å². The lowest BCUT2D eigenvalue weighted by Gasteiger charge is -2.47. The SMILES string of the molecule is C=C(CC)c1c(CC)c(C(C)(C)C)c(O)c2c1CC(CC)C(CC)C2(C)C. The van der Waals surface area contributed by atoms with E-state index >= 15 is 0 Å². The van der Waals surface area contributed by atoms with Crippen molar-refractivity contribution in [3.8, 4) is 5.75 Å². The van der Waals surface area contributed by atoms with Gasteiger partial charge in [0.15, 0.2) is 0 Å². The van der Waals surface area contributed by atoms with Gasteiger partial charge in [-0.1, -0.05) is 81.7 Å². The van der Waals surface area contributed by atoms with Crippen molar-refractivity contribution >= 4 is 5.57 Å². The van der Waals surface area contributed by atoms with Crippen LogP contribution in [0.25, 0.3) is 5.57 Å². The molecule has 0 amide bonds. The van der Waals surface area contributed by atoms with E-state index in [9.17, 15) is 5.11 Å². The molecule has 0 saturated heterocycles. The fourth-order valence-corrected chi connectivity index (χ4v) is 5.96. The largest absolute Gasteiger partial charge is 0.507 e. The Labute approximate surface area is 168 Å². The molecule has 0 bridgehead atoms. The highest BCUT2D eigenvalue weighted by Crippen LogP contribution is 2.55.